The van der Waals surface area contributed by atoms with Gasteiger partial charge in [0.1, 0.15) is 23.9 Å². The number of halogens is 2. The molecule has 1 aliphatic rings. The molecule has 2 atom stereocenters. The zero-order valence-electron chi connectivity index (χ0n) is 17.0. The first-order chi connectivity index (χ1) is 13.9. The van der Waals surface area contributed by atoms with Gasteiger partial charge in [-0.1, -0.05) is 17.7 Å². The number of rotatable bonds is 7. The lowest BCUT2D eigenvalue weighted by molar-refractivity contribution is -0.885. The molecule has 2 aromatic rings. The fourth-order valence-corrected chi connectivity index (χ4v) is 4.14. The first kappa shape index (κ1) is 21.4. The molecule has 0 bridgehead atoms. The van der Waals surface area contributed by atoms with Crippen molar-refractivity contribution in [2.24, 2.45) is 0 Å². The number of hydrogen-bond donors (Lipinski definition) is 1. The maximum atomic E-state index is 14.1. The number of carbonyl (C=O) groups is 1. The van der Waals surface area contributed by atoms with Crippen LogP contribution in [0.2, 0.25) is 5.02 Å². The first-order valence-electron chi connectivity index (χ1n) is 9.70. The maximum Gasteiger partial charge on any atom is 0.278 e. The van der Waals surface area contributed by atoms with Gasteiger partial charge in [0, 0.05) is 12.1 Å². The SMILES string of the molecule is COc1ccc(OC)c([C@H]2CCCN2C(=O)C[NH+](C)Cc2c(F)cccc2Cl)c1. The van der Waals surface area contributed by atoms with Crippen LogP contribution >= 0.6 is 11.6 Å². The third-order valence-electron chi connectivity index (χ3n) is 5.36. The first-order valence-corrected chi connectivity index (χ1v) is 10.1. The molecule has 0 saturated carbocycles. The molecule has 2 aromatic carbocycles. The standard InChI is InChI=1S/C22H26ClFN2O3/c1-25(13-17-18(23)6-4-7-19(17)24)14-22(27)26-11-5-8-20(26)16-12-15(28-2)9-10-21(16)29-3/h4,6-7,9-10,12,20H,5,8,11,13-14H2,1-3H3/p+1/t20-/m1/s1. The molecule has 156 valence electrons. The average molecular weight is 422 g/mol. The summed E-state index contributed by atoms with van der Waals surface area (Å²) in [5.74, 6) is 1.16. The molecule has 1 unspecified atom stereocenters. The summed E-state index contributed by atoms with van der Waals surface area (Å²) in [5, 5.41) is 0.386. The van der Waals surface area contributed by atoms with Gasteiger partial charge in [0.25, 0.3) is 5.91 Å². The second-order valence-electron chi connectivity index (χ2n) is 7.36. The Kier molecular flexibility index (Phi) is 6.98. The fourth-order valence-electron chi connectivity index (χ4n) is 3.91. The van der Waals surface area contributed by atoms with E-state index < -0.39 is 0 Å². The zero-order chi connectivity index (χ0) is 21.0. The van der Waals surface area contributed by atoms with E-state index in [2.05, 4.69) is 0 Å². The highest BCUT2D eigenvalue weighted by molar-refractivity contribution is 6.31. The Labute approximate surface area is 176 Å². The largest absolute Gasteiger partial charge is 0.497 e. The van der Waals surface area contributed by atoms with Crippen molar-refractivity contribution in [3.05, 3.63) is 58.4 Å². The molecular weight excluding hydrogens is 395 g/mol. The molecule has 0 spiro atoms. The lowest BCUT2D eigenvalue weighted by Crippen LogP contribution is -3.09. The molecule has 1 saturated heterocycles. The summed E-state index contributed by atoms with van der Waals surface area (Å²) >= 11 is 6.13. The normalized spacial score (nSPS) is 17.3. The molecular formula is C22H27ClFN2O3+. The summed E-state index contributed by atoms with van der Waals surface area (Å²) < 4.78 is 24.9. The molecule has 0 aliphatic carbocycles. The predicted octanol–water partition coefficient (Wildman–Crippen LogP) is 2.87. The minimum Gasteiger partial charge on any atom is -0.497 e. The van der Waals surface area contributed by atoms with Crippen molar-refractivity contribution in [2.75, 3.05) is 34.4 Å². The van der Waals surface area contributed by atoms with Crippen LogP contribution in [0.3, 0.4) is 0 Å². The van der Waals surface area contributed by atoms with Crippen LogP contribution < -0.4 is 14.4 Å². The topological polar surface area (TPSA) is 43.2 Å². The van der Waals surface area contributed by atoms with Gasteiger partial charge in [0.05, 0.1) is 37.9 Å². The Morgan fingerprint density at radius 1 is 1.28 bits per heavy atom. The summed E-state index contributed by atoms with van der Waals surface area (Å²) in [4.78, 5) is 15.8. The molecule has 1 N–H and O–H groups in total. The van der Waals surface area contributed by atoms with Gasteiger partial charge in [-0.3, -0.25) is 4.79 Å². The Morgan fingerprint density at radius 2 is 2.07 bits per heavy atom. The van der Waals surface area contributed by atoms with Gasteiger partial charge >= 0.3 is 0 Å². The lowest BCUT2D eigenvalue weighted by Gasteiger charge is -2.27. The molecule has 29 heavy (non-hydrogen) atoms. The molecule has 1 heterocycles. The Hall–Kier alpha value is -2.31. The summed E-state index contributed by atoms with van der Waals surface area (Å²) in [7, 11) is 5.12. The van der Waals surface area contributed by atoms with E-state index in [1.807, 2.05) is 30.1 Å². The molecule has 0 radical (unpaired) electrons. The maximum absolute atomic E-state index is 14.1. The minimum absolute atomic E-state index is 0.0299. The number of likely N-dealkylation sites (tertiary alicyclic amines) is 1. The van der Waals surface area contributed by atoms with Crippen molar-refractivity contribution >= 4 is 17.5 Å². The Morgan fingerprint density at radius 3 is 2.76 bits per heavy atom. The lowest BCUT2D eigenvalue weighted by atomic mass is 10.0. The van der Waals surface area contributed by atoms with E-state index in [0.29, 0.717) is 23.7 Å². The van der Waals surface area contributed by atoms with Crippen LogP contribution in [0.5, 0.6) is 11.5 Å². The second-order valence-corrected chi connectivity index (χ2v) is 7.77. The zero-order valence-corrected chi connectivity index (χ0v) is 17.8. The summed E-state index contributed by atoms with van der Waals surface area (Å²) in [6, 6.07) is 10.2. The van der Waals surface area contributed by atoms with E-state index in [1.54, 1.807) is 26.4 Å². The van der Waals surface area contributed by atoms with Gasteiger partial charge in [0.2, 0.25) is 0 Å². The molecule has 5 nitrogen and oxygen atoms in total. The highest BCUT2D eigenvalue weighted by Crippen LogP contribution is 2.38. The van der Waals surface area contributed by atoms with E-state index in [0.717, 1.165) is 34.8 Å². The Balaban J connectivity index is 1.73. The fraction of sp³-hybridized carbons (Fsp3) is 0.409. The van der Waals surface area contributed by atoms with Crippen molar-refractivity contribution in [3.63, 3.8) is 0 Å². The van der Waals surface area contributed by atoms with E-state index >= 15 is 0 Å². The number of methoxy groups -OCH3 is 2. The van der Waals surface area contributed by atoms with Crippen LogP contribution in [0.1, 0.15) is 30.0 Å². The van der Waals surface area contributed by atoms with Gasteiger partial charge < -0.3 is 19.3 Å². The van der Waals surface area contributed by atoms with Crippen molar-refractivity contribution in [1.29, 1.82) is 0 Å². The van der Waals surface area contributed by atoms with Gasteiger partial charge in [-0.2, -0.15) is 0 Å². The van der Waals surface area contributed by atoms with Crippen molar-refractivity contribution in [2.45, 2.75) is 25.4 Å². The van der Waals surface area contributed by atoms with Crippen LogP contribution in [-0.4, -0.2) is 45.2 Å². The smallest absolute Gasteiger partial charge is 0.278 e. The van der Waals surface area contributed by atoms with E-state index in [4.69, 9.17) is 21.1 Å². The predicted molar refractivity (Wildman–Crippen MR) is 110 cm³/mol. The summed E-state index contributed by atoms with van der Waals surface area (Å²) in [5.41, 5.74) is 1.39. The summed E-state index contributed by atoms with van der Waals surface area (Å²) in [6.45, 7) is 1.29. The number of amides is 1. The monoisotopic (exact) mass is 421 g/mol. The van der Waals surface area contributed by atoms with E-state index in [-0.39, 0.29) is 24.3 Å². The third kappa shape index (κ3) is 4.82. The third-order valence-corrected chi connectivity index (χ3v) is 5.72. The van der Waals surface area contributed by atoms with Gasteiger partial charge in [0.15, 0.2) is 6.54 Å². The molecule has 1 fully saturated rings. The number of nitrogens with zero attached hydrogens (tertiary/aromatic N) is 1. The van der Waals surface area contributed by atoms with Crippen LogP contribution in [-0.2, 0) is 11.3 Å². The number of ether oxygens (including phenoxy) is 2. The van der Waals surface area contributed by atoms with Crippen molar-refractivity contribution in [1.82, 2.24) is 4.90 Å². The van der Waals surface area contributed by atoms with Crippen LogP contribution in [0, 0.1) is 5.82 Å². The highest BCUT2D eigenvalue weighted by Gasteiger charge is 2.33. The minimum atomic E-state index is -0.343. The molecule has 7 heteroatoms. The number of hydrogen-bond acceptors (Lipinski definition) is 3. The van der Waals surface area contributed by atoms with E-state index in [1.165, 1.54) is 6.07 Å². The van der Waals surface area contributed by atoms with Gasteiger partial charge in [-0.25, -0.2) is 4.39 Å². The van der Waals surface area contributed by atoms with Crippen molar-refractivity contribution in [3.8, 4) is 11.5 Å². The quantitative estimate of drug-likeness (QED) is 0.747. The number of carbonyl (C=O) groups excluding carboxylic acids is 1. The number of nitrogens with one attached hydrogen (secondary N) is 1. The molecule has 3 rings (SSSR count). The molecule has 1 amide bonds. The summed E-state index contributed by atoms with van der Waals surface area (Å²) in [6.07, 6.45) is 1.79. The Bertz CT molecular complexity index is 857. The molecule has 0 aromatic heterocycles. The van der Waals surface area contributed by atoms with Crippen LogP contribution in [0.4, 0.5) is 4.39 Å². The van der Waals surface area contributed by atoms with Crippen LogP contribution in [0.15, 0.2) is 36.4 Å². The van der Waals surface area contributed by atoms with E-state index in [9.17, 15) is 9.18 Å². The average Bonchev–Trinajstić information content (AvgIpc) is 3.20. The van der Waals surface area contributed by atoms with Gasteiger partial charge in [-0.05, 0) is 43.2 Å². The van der Waals surface area contributed by atoms with Crippen molar-refractivity contribution < 1.29 is 23.6 Å². The highest BCUT2D eigenvalue weighted by atomic mass is 35.5. The number of quaternary nitrogens is 1. The molecule has 1 aliphatic heterocycles. The van der Waals surface area contributed by atoms with Gasteiger partial charge in [-0.15, -0.1) is 0 Å². The number of benzene rings is 2. The second kappa shape index (κ2) is 9.46. The number of likely N-dealkylation sites (N-methyl/N-ethyl adjacent to an activating group) is 1. The van der Waals surface area contributed by atoms with Crippen LogP contribution in [0.25, 0.3) is 0 Å².